The molecule has 1 aliphatic heterocycles. The van der Waals surface area contributed by atoms with Gasteiger partial charge in [-0.05, 0) is 24.7 Å². The topological polar surface area (TPSA) is 18.5 Å². The highest BCUT2D eigenvalue weighted by atomic mass is 32.1. The van der Waals surface area contributed by atoms with Crippen LogP contribution in [0.4, 0.5) is 0 Å². The number of rotatable bonds is 2. The first-order chi connectivity index (χ1) is 8.70. The molecule has 1 atom stereocenters. The number of piperazine rings is 1. The predicted octanol–water partition coefficient (Wildman–Crippen LogP) is 1.70. The van der Waals surface area contributed by atoms with Gasteiger partial charge in [0.1, 0.15) is 0 Å². The normalized spacial score (nSPS) is 20.8. The summed E-state index contributed by atoms with van der Waals surface area (Å²) in [7, 11) is 1.89. The highest BCUT2D eigenvalue weighted by Crippen LogP contribution is 2.13. The zero-order chi connectivity index (χ0) is 13.0. The summed E-state index contributed by atoms with van der Waals surface area (Å²) in [5.41, 5.74) is 1.38. The Kier molecular flexibility index (Phi) is 4.55. The molecule has 1 aromatic carbocycles. The molecule has 1 fully saturated rings. The van der Waals surface area contributed by atoms with Crippen molar-refractivity contribution in [3.05, 3.63) is 35.9 Å². The van der Waals surface area contributed by atoms with Crippen LogP contribution in [0.25, 0.3) is 0 Å². The van der Waals surface area contributed by atoms with Crippen molar-refractivity contribution in [2.75, 3.05) is 26.7 Å². The molecule has 18 heavy (non-hydrogen) atoms. The van der Waals surface area contributed by atoms with E-state index in [0.29, 0.717) is 6.04 Å². The quantitative estimate of drug-likeness (QED) is 0.818. The summed E-state index contributed by atoms with van der Waals surface area (Å²) >= 11 is 5.32. The molecular weight excluding hydrogens is 242 g/mol. The molecule has 0 bridgehead atoms. The van der Waals surface area contributed by atoms with Gasteiger partial charge in [0.15, 0.2) is 5.11 Å². The molecule has 1 aliphatic rings. The molecule has 0 aromatic heterocycles. The smallest absolute Gasteiger partial charge is 0.169 e. The fourth-order valence-corrected chi connectivity index (χ4v) is 2.73. The Bertz CT molecular complexity index is 393. The van der Waals surface area contributed by atoms with Gasteiger partial charge in [0.2, 0.25) is 0 Å². The average molecular weight is 263 g/mol. The van der Waals surface area contributed by atoms with E-state index in [-0.39, 0.29) is 0 Å². The third-order valence-corrected chi connectivity index (χ3v) is 3.87. The SMILES string of the molecule is CNC(=S)N1CCN(Cc2ccccc2)CC1C. The van der Waals surface area contributed by atoms with E-state index in [9.17, 15) is 0 Å². The highest BCUT2D eigenvalue weighted by molar-refractivity contribution is 7.80. The van der Waals surface area contributed by atoms with Crippen molar-refractivity contribution in [3.63, 3.8) is 0 Å². The summed E-state index contributed by atoms with van der Waals surface area (Å²) in [4.78, 5) is 4.77. The maximum atomic E-state index is 5.32. The van der Waals surface area contributed by atoms with Gasteiger partial charge in [-0.25, -0.2) is 0 Å². The zero-order valence-electron chi connectivity index (χ0n) is 11.1. The Morgan fingerprint density at radius 3 is 2.67 bits per heavy atom. The van der Waals surface area contributed by atoms with Gasteiger partial charge in [0, 0.05) is 39.3 Å². The summed E-state index contributed by atoms with van der Waals surface area (Å²) in [6.45, 7) is 6.41. The maximum Gasteiger partial charge on any atom is 0.169 e. The second-order valence-electron chi connectivity index (χ2n) is 4.82. The second-order valence-corrected chi connectivity index (χ2v) is 5.20. The van der Waals surface area contributed by atoms with Crippen LogP contribution < -0.4 is 5.32 Å². The van der Waals surface area contributed by atoms with Crippen molar-refractivity contribution < 1.29 is 0 Å². The van der Waals surface area contributed by atoms with Crippen LogP contribution in [0.3, 0.4) is 0 Å². The van der Waals surface area contributed by atoms with Crippen molar-refractivity contribution in [1.82, 2.24) is 15.1 Å². The lowest BCUT2D eigenvalue weighted by molar-refractivity contribution is 0.130. The van der Waals surface area contributed by atoms with Gasteiger partial charge in [0.05, 0.1) is 0 Å². The minimum Gasteiger partial charge on any atom is -0.366 e. The Morgan fingerprint density at radius 2 is 2.06 bits per heavy atom. The lowest BCUT2D eigenvalue weighted by Crippen LogP contribution is -2.55. The number of hydrogen-bond donors (Lipinski definition) is 1. The van der Waals surface area contributed by atoms with E-state index in [2.05, 4.69) is 52.4 Å². The van der Waals surface area contributed by atoms with Gasteiger partial charge in [-0.15, -0.1) is 0 Å². The number of hydrogen-bond acceptors (Lipinski definition) is 2. The van der Waals surface area contributed by atoms with Crippen molar-refractivity contribution in [2.45, 2.75) is 19.5 Å². The molecule has 1 aromatic rings. The fraction of sp³-hybridized carbons (Fsp3) is 0.500. The van der Waals surface area contributed by atoms with E-state index < -0.39 is 0 Å². The van der Waals surface area contributed by atoms with Crippen molar-refractivity contribution in [1.29, 1.82) is 0 Å². The summed E-state index contributed by atoms with van der Waals surface area (Å²) in [5.74, 6) is 0. The Hall–Kier alpha value is -1.13. The van der Waals surface area contributed by atoms with E-state index in [0.717, 1.165) is 31.3 Å². The number of benzene rings is 1. The van der Waals surface area contributed by atoms with Gasteiger partial charge in [-0.3, -0.25) is 4.90 Å². The third-order valence-electron chi connectivity index (χ3n) is 3.44. The van der Waals surface area contributed by atoms with Crippen LogP contribution >= 0.6 is 12.2 Å². The Balaban J connectivity index is 1.90. The summed E-state index contributed by atoms with van der Waals surface area (Å²) in [6.07, 6.45) is 0. The van der Waals surface area contributed by atoms with E-state index >= 15 is 0 Å². The van der Waals surface area contributed by atoms with Crippen LogP contribution in [0.1, 0.15) is 12.5 Å². The van der Waals surface area contributed by atoms with Crippen LogP contribution in [0.15, 0.2) is 30.3 Å². The minimum absolute atomic E-state index is 0.474. The zero-order valence-corrected chi connectivity index (χ0v) is 11.9. The van der Waals surface area contributed by atoms with Gasteiger partial charge >= 0.3 is 0 Å². The largest absolute Gasteiger partial charge is 0.366 e. The summed E-state index contributed by atoms with van der Waals surface area (Å²) in [6, 6.07) is 11.1. The molecule has 1 unspecified atom stereocenters. The fourth-order valence-electron chi connectivity index (χ4n) is 2.46. The number of thiocarbonyl (C=S) groups is 1. The number of nitrogens with one attached hydrogen (secondary N) is 1. The van der Waals surface area contributed by atoms with Crippen LogP contribution in [-0.4, -0.2) is 47.6 Å². The molecule has 0 saturated carbocycles. The van der Waals surface area contributed by atoms with Crippen LogP contribution in [0.5, 0.6) is 0 Å². The monoisotopic (exact) mass is 263 g/mol. The van der Waals surface area contributed by atoms with E-state index in [1.165, 1.54) is 5.56 Å². The van der Waals surface area contributed by atoms with E-state index in [1.807, 2.05) is 7.05 Å². The molecule has 0 spiro atoms. The summed E-state index contributed by atoms with van der Waals surface area (Å²) in [5, 5.41) is 3.93. The first-order valence-electron chi connectivity index (χ1n) is 6.45. The molecule has 98 valence electrons. The second kappa shape index (κ2) is 6.16. The first kappa shape index (κ1) is 13.3. The standard InChI is InChI=1S/C14H21N3S/c1-12-10-16(8-9-17(12)14(18)15-2)11-13-6-4-3-5-7-13/h3-7,12H,8-11H2,1-2H3,(H,15,18). The van der Waals surface area contributed by atoms with Gasteiger partial charge in [-0.1, -0.05) is 30.3 Å². The third kappa shape index (κ3) is 3.21. The molecule has 2 rings (SSSR count). The average Bonchev–Trinajstić information content (AvgIpc) is 2.39. The predicted molar refractivity (Wildman–Crippen MR) is 79.5 cm³/mol. The molecule has 1 saturated heterocycles. The van der Waals surface area contributed by atoms with Crippen molar-refractivity contribution in [2.24, 2.45) is 0 Å². The molecule has 0 amide bonds. The van der Waals surface area contributed by atoms with Gasteiger partial charge in [0.25, 0.3) is 0 Å². The molecule has 0 aliphatic carbocycles. The minimum atomic E-state index is 0.474. The van der Waals surface area contributed by atoms with Gasteiger partial charge < -0.3 is 10.2 Å². The molecular formula is C14H21N3S. The Labute approximate surface area is 115 Å². The molecule has 3 nitrogen and oxygen atoms in total. The molecule has 0 radical (unpaired) electrons. The van der Waals surface area contributed by atoms with Gasteiger partial charge in [-0.2, -0.15) is 0 Å². The van der Waals surface area contributed by atoms with E-state index in [4.69, 9.17) is 12.2 Å². The molecule has 4 heteroatoms. The van der Waals surface area contributed by atoms with Crippen molar-refractivity contribution in [3.8, 4) is 0 Å². The first-order valence-corrected chi connectivity index (χ1v) is 6.86. The maximum absolute atomic E-state index is 5.32. The summed E-state index contributed by atoms with van der Waals surface area (Å²) < 4.78 is 0. The van der Waals surface area contributed by atoms with Crippen LogP contribution in [0.2, 0.25) is 0 Å². The van der Waals surface area contributed by atoms with E-state index in [1.54, 1.807) is 0 Å². The lowest BCUT2D eigenvalue weighted by Gasteiger charge is -2.41. The molecule has 1 heterocycles. The molecule has 1 N–H and O–H groups in total. The Morgan fingerprint density at radius 1 is 1.33 bits per heavy atom. The lowest BCUT2D eigenvalue weighted by atomic mass is 10.1. The number of nitrogens with zero attached hydrogens (tertiary/aromatic N) is 2. The van der Waals surface area contributed by atoms with Crippen LogP contribution in [-0.2, 0) is 6.54 Å². The van der Waals surface area contributed by atoms with Crippen LogP contribution in [0, 0.1) is 0 Å². The highest BCUT2D eigenvalue weighted by Gasteiger charge is 2.24. The van der Waals surface area contributed by atoms with Crippen molar-refractivity contribution >= 4 is 17.3 Å².